The van der Waals surface area contributed by atoms with E-state index in [4.69, 9.17) is 0 Å². The molecule has 0 heterocycles. The maximum absolute atomic E-state index is 11.9. The Morgan fingerprint density at radius 3 is 2.67 bits per heavy atom. The van der Waals surface area contributed by atoms with Gasteiger partial charge in [-0.25, -0.2) is 13.1 Å². The van der Waals surface area contributed by atoms with Gasteiger partial charge in [0.2, 0.25) is 10.0 Å². The second-order valence-electron chi connectivity index (χ2n) is 3.51. The summed E-state index contributed by atoms with van der Waals surface area (Å²) in [5.41, 5.74) is 0. The lowest BCUT2D eigenvalue weighted by molar-refractivity contribution is -0.140. The van der Waals surface area contributed by atoms with Gasteiger partial charge in [-0.15, -0.1) is 0 Å². The highest BCUT2D eigenvalue weighted by molar-refractivity contribution is 9.10. The van der Waals surface area contributed by atoms with Crippen LogP contribution in [0.5, 0.6) is 0 Å². The van der Waals surface area contributed by atoms with E-state index in [9.17, 15) is 13.2 Å². The van der Waals surface area contributed by atoms with Crippen LogP contribution in [0, 0.1) is 0 Å². The number of hydrogen-bond acceptors (Lipinski definition) is 4. The predicted octanol–water partition coefficient (Wildman–Crippen LogP) is 1.68. The van der Waals surface area contributed by atoms with E-state index in [0.29, 0.717) is 10.9 Å². The maximum Gasteiger partial charge on any atom is 0.305 e. The Morgan fingerprint density at radius 1 is 1.39 bits per heavy atom. The molecule has 18 heavy (non-hydrogen) atoms. The molecule has 0 aliphatic heterocycles. The number of carbonyl (C=O) groups is 1. The molecule has 1 aromatic rings. The summed E-state index contributed by atoms with van der Waals surface area (Å²) in [4.78, 5) is 11.0. The molecule has 0 aliphatic carbocycles. The van der Waals surface area contributed by atoms with Crippen LogP contribution in [0.15, 0.2) is 33.6 Å². The van der Waals surface area contributed by atoms with Gasteiger partial charge < -0.3 is 4.74 Å². The van der Waals surface area contributed by atoms with Crippen molar-refractivity contribution >= 4 is 31.9 Å². The topological polar surface area (TPSA) is 72.5 Å². The van der Waals surface area contributed by atoms with Crippen LogP contribution in [0.1, 0.15) is 12.8 Å². The fourth-order valence-corrected chi connectivity index (χ4v) is 3.36. The Kier molecular flexibility index (Phi) is 5.77. The van der Waals surface area contributed by atoms with Crippen LogP contribution in [-0.2, 0) is 19.6 Å². The summed E-state index contributed by atoms with van der Waals surface area (Å²) < 4.78 is 31.2. The molecule has 0 aromatic heterocycles. The van der Waals surface area contributed by atoms with Crippen molar-refractivity contribution in [3.8, 4) is 0 Å². The summed E-state index contributed by atoms with van der Waals surface area (Å²) in [6, 6.07) is 6.55. The van der Waals surface area contributed by atoms with Gasteiger partial charge in [0.25, 0.3) is 0 Å². The van der Waals surface area contributed by atoms with Crippen molar-refractivity contribution < 1.29 is 17.9 Å². The molecule has 100 valence electrons. The van der Waals surface area contributed by atoms with Gasteiger partial charge in [-0.05, 0) is 34.5 Å². The van der Waals surface area contributed by atoms with Gasteiger partial charge in [-0.2, -0.15) is 0 Å². The second-order valence-corrected chi connectivity index (χ2v) is 6.10. The first kappa shape index (κ1) is 15.1. The Morgan fingerprint density at radius 2 is 2.06 bits per heavy atom. The lowest BCUT2D eigenvalue weighted by Gasteiger charge is -2.07. The van der Waals surface area contributed by atoms with E-state index in [1.807, 2.05) is 0 Å². The molecule has 0 bridgehead atoms. The standard InChI is InChI=1S/C11H14BrNO4S/c1-17-11(14)7-4-8-13-18(15,16)10-6-3-2-5-9(10)12/h2-3,5-6,13H,4,7-8H2,1H3. The number of sulfonamides is 1. The van der Waals surface area contributed by atoms with Crippen LogP contribution in [-0.4, -0.2) is 28.0 Å². The summed E-state index contributed by atoms with van der Waals surface area (Å²) in [5, 5.41) is 0. The summed E-state index contributed by atoms with van der Waals surface area (Å²) >= 11 is 3.18. The van der Waals surface area contributed by atoms with E-state index in [0.717, 1.165) is 0 Å². The van der Waals surface area contributed by atoms with Crippen molar-refractivity contribution in [2.75, 3.05) is 13.7 Å². The second kappa shape index (κ2) is 6.86. The van der Waals surface area contributed by atoms with Crippen molar-refractivity contribution in [1.82, 2.24) is 4.72 Å². The summed E-state index contributed by atoms with van der Waals surface area (Å²) in [6.45, 7) is 0.193. The first-order valence-corrected chi connectivity index (χ1v) is 7.56. The summed E-state index contributed by atoms with van der Waals surface area (Å²) in [5.74, 6) is -0.352. The number of esters is 1. The van der Waals surface area contributed by atoms with Gasteiger partial charge in [-0.1, -0.05) is 12.1 Å². The third-order valence-corrected chi connectivity index (χ3v) is 4.68. The molecule has 1 aromatic carbocycles. The molecule has 7 heteroatoms. The van der Waals surface area contributed by atoms with Crippen molar-refractivity contribution in [2.24, 2.45) is 0 Å². The van der Waals surface area contributed by atoms with Gasteiger partial charge in [0.15, 0.2) is 0 Å². The normalized spacial score (nSPS) is 11.2. The van der Waals surface area contributed by atoms with Crippen LogP contribution in [0.2, 0.25) is 0 Å². The molecular weight excluding hydrogens is 322 g/mol. The molecule has 0 aliphatic rings. The number of nitrogens with one attached hydrogen (secondary N) is 1. The zero-order valence-electron chi connectivity index (χ0n) is 9.85. The van der Waals surface area contributed by atoms with E-state index in [1.54, 1.807) is 18.2 Å². The van der Waals surface area contributed by atoms with Crippen LogP contribution in [0.3, 0.4) is 0 Å². The quantitative estimate of drug-likeness (QED) is 0.634. The summed E-state index contributed by atoms with van der Waals surface area (Å²) in [6.07, 6.45) is 0.589. The number of carbonyl (C=O) groups excluding carboxylic acids is 1. The van der Waals surface area contributed by atoms with E-state index in [-0.39, 0.29) is 23.8 Å². The number of halogens is 1. The molecule has 0 spiro atoms. The van der Waals surface area contributed by atoms with E-state index >= 15 is 0 Å². The fraction of sp³-hybridized carbons (Fsp3) is 0.364. The van der Waals surface area contributed by atoms with Crippen LogP contribution in [0.4, 0.5) is 0 Å². The predicted molar refractivity (Wildman–Crippen MR) is 70.6 cm³/mol. The van der Waals surface area contributed by atoms with Crippen LogP contribution in [0.25, 0.3) is 0 Å². The molecule has 0 atom stereocenters. The van der Waals surface area contributed by atoms with Gasteiger partial charge in [0.1, 0.15) is 0 Å². The van der Waals surface area contributed by atoms with E-state index < -0.39 is 10.0 Å². The molecule has 0 unspecified atom stereocenters. The van der Waals surface area contributed by atoms with Gasteiger partial charge >= 0.3 is 5.97 Å². The average molecular weight is 336 g/mol. The van der Waals surface area contributed by atoms with Crippen molar-refractivity contribution in [3.63, 3.8) is 0 Å². The zero-order chi connectivity index (χ0) is 13.6. The third-order valence-electron chi connectivity index (χ3n) is 2.20. The molecule has 0 amide bonds. The smallest absolute Gasteiger partial charge is 0.305 e. The maximum atomic E-state index is 11.9. The van der Waals surface area contributed by atoms with Crippen molar-refractivity contribution in [2.45, 2.75) is 17.7 Å². The number of hydrogen-bond donors (Lipinski definition) is 1. The molecule has 0 fully saturated rings. The van der Waals surface area contributed by atoms with E-state index in [2.05, 4.69) is 25.4 Å². The number of ether oxygens (including phenoxy) is 1. The summed E-state index contributed by atoms with van der Waals surface area (Å²) in [7, 11) is -2.25. The lowest BCUT2D eigenvalue weighted by atomic mass is 10.3. The minimum absolute atomic E-state index is 0.183. The fourth-order valence-electron chi connectivity index (χ4n) is 1.28. The lowest BCUT2D eigenvalue weighted by Crippen LogP contribution is -2.25. The van der Waals surface area contributed by atoms with E-state index in [1.165, 1.54) is 13.2 Å². The minimum Gasteiger partial charge on any atom is -0.469 e. The molecule has 5 nitrogen and oxygen atoms in total. The van der Waals surface area contributed by atoms with Crippen molar-refractivity contribution in [1.29, 1.82) is 0 Å². The molecule has 0 saturated carbocycles. The van der Waals surface area contributed by atoms with Gasteiger partial charge in [-0.3, -0.25) is 4.79 Å². The average Bonchev–Trinajstić information content (AvgIpc) is 2.34. The first-order chi connectivity index (χ1) is 8.47. The molecule has 1 rings (SSSR count). The Bertz CT molecular complexity index is 516. The Balaban J connectivity index is 2.56. The first-order valence-electron chi connectivity index (χ1n) is 5.28. The van der Waals surface area contributed by atoms with Crippen molar-refractivity contribution in [3.05, 3.63) is 28.7 Å². The number of rotatable bonds is 6. The Labute approximate surface area is 115 Å². The highest BCUT2D eigenvalue weighted by Gasteiger charge is 2.16. The minimum atomic E-state index is -3.54. The SMILES string of the molecule is COC(=O)CCCNS(=O)(=O)c1ccccc1Br. The monoisotopic (exact) mass is 335 g/mol. The molecular formula is C11H14BrNO4S. The Hall–Kier alpha value is -0.920. The molecule has 0 radical (unpaired) electrons. The molecule has 1 N–H and O–H groups in total. The van der Waals surface area contributed by atoms with Gasteiger partial charge in [0, 0.05) is 17.4 Å². The number of benzene rings is 1. The molecule has 0 saturated heterocycles. The number of methoxy groups -OCH3 is 1. The largest absolute Gasteiger partial charge is 0.469 e. The highest BCUT2D eigenvalue weighted by Crippen LogP contribution is 2.20. The zero-order valence-corrected chi connectivity index (χ0v) is 12.3. The van der Waals surface area contributed by atoms with Crippen LogP contribution >= 0.6 is 15.9 Å². The van der Waals surface area contributed by atoms with Crippen LogP contribution < -0.4 is 4.72 Å². The highest BCUT2D eigenvalue weighted by atomic mass is 79.9. The van der Waals surface area contributed by atoms with Gasteiger partial charge in [0.05, 0.1) is 12.0 Å². The third kappa shape index (κ3) is 4.40.